The minimum absolute atomic E-state index is 0.0259. The summed E-state index contributed by atoms with van der Waals surface area (Å²) in [6.45, 7) is 9.12. The van der Waals surface area contributed by atoms with E-state index in [0.717, 1.165) is 13.0 Å². The molecule has 0 unspecified atom stereocenters. The van der Waals surface area contributed by atoms with Gasteiger partial charge in [0.05, 0.1) is 0 Å². The first kappa shape index (κ1) is 10.3. The fourth-order valence-electron chi connectivity index (χ4n) is 1.04. The van der Waals surface area contributed by atoms with Gasteiger partial charge in [0, 0.05) is 12.1 Å². The summed E-state index contributed by atoms with van der Waals surface area (Å²) < 4.78 is 0. The van der Waals surface area contributed by atoms with Crippen molar-refractivity contribution in [2.45, 2.75) is 39.7 Å². The van der Waals surface area contributed by atoms with E-state index in [1.165, 1.54) is 0 Å². The third-order valence-corrected chi connectivity index (χ3v) is 1.55. The van der Waals surface area contributed by atoms with Crippen LogP contribution in [0.5, 0.6) is 0 Å². The maximum Gasteiger partial charge on any atom is 0.188 e. The van der Waals surface area contributed by atoms with Crippen LogP contribution < -0.4 is 5.73 Å². The van der Waals surface area contributed by atoms with Gasteiger partial charge in [-0.1, -0.05) is 6.92 Å². The standard InChI is InChI=1S/C8H19N3/c1-5-6-11(7(9)10)8(2,3)4/h5-6H2,1-4H3,(H3,9,10). The van der Waals surface area contributed by atoms with Gasteiger partial charge in [-0.15, -0.1) is 0 Å². The number of hydrogen-bond acceptors (Lipinski definition) is 1. The van der Waals surface area contributed by atoms with Crippen LogP contribution >= 0.6 is 0 Å². The Morgan fingerprint density at radius 3 is 2.00 bits per heavy atom. The summed E-state index contributed by atoms with van der Waals surface area (Å²) in [5.74, 6) is 0.166. The van der Waals surface area contributed by atoms with Gasteiger partial charge < -0.3 is 10.6 Å². The second-order valence-corrected chi connectivity index (χ2v) is 3.71. The maximum absolute atomic E-state index is 7.31. The van der Waals surface area contributed by atoms with Crippen LogP contribution in [0.3, 0.4) is 0 Å². The summed E-state index contributed by atoms with van der Waals surface area (Å²) in [4.78, 5) is 1.90. The molecular weight excluding hydrogens is 138 g/mol. The fourth-order valence-corrected chi connectivity index (χ4v) is 1.04. The average molecular weight is 157 g/mol. The summed E-state index contributed by atoms with van der Waals surface area (Å²) in [5, 5.41) is 7.31. The molecule has 0 fully saturated rings. The van der Waals surface area contributed by atoms with E-state index in [1.54, 1.807) is 0 Å². The van der Waals surface area contributed by atoms with E-state index in [1.807, 2.05) is 4.90 Å². The molecule has 0 bridgehead atoms. The van der Waals surface area contributed by atoms with E-state index in [0.29, 0.717) is 0 Å². The van der Waals surface area contributed by atoms with Crippen LogP contribution in [0, 0.1) is 5.41 Å². The predicted molar refractivity (Wildman–Crippen MR) is 48.7 cm³/mol. The smallest absolute Gasteiger partial charge is 0.188 e. The molecule has 0 rings (SSSR count). The van der Waals surface area contributed by atoms with E-state index < -0.39 is 0 Å². The van der Waals surface area contributed by atoms with Gasteiger partial charge >= 0.3 is 0 Å². The Hall–Kier alpha value is -0.730. The highest BCUT2D eigenvalue weighted by Gasteiger charge is 2.20. The monoisotopic (exact) mass is 157 g/mol. The van der Waals surface area contributed by atoms with Gasteiger partial charge in [-0.3, -0.25) is 5.41 Å². The summed E-state index contributed by atoms with van der Waals surface area (Å²) in [5.41, 5.74) is 5.39. The molecule has 66 valence electrons. The molecular formula is C8H19N3. The molecule has 0 atom stereocenters. The van der Waals surface area contributed by atoms with Crippen LogP contribution in [0.4, 0.5) is 0 Å². The van der Waals surface area contributed by atoms with Crippen molar-refractivity contribution in [1.29, 1.82) is 5.41 Å². The van der Waals surface area contributed by atoms with Gasteiger partial charge in [0.2, 0.25) is 0 Å². The highest BCUT2D eigenvalue weighted by Crippen LogP contribution is 2.12. The SMILES string of the molecule is CCCN(C(=N)N)C(C)(C)C. The van der Waals surface area contributed by atoms with Gasteiger partial charge in [0.25, 0.3) is 0 Å². The Morgan fingerprint density at radius 2 is 1.91 bits per heavy atom. The number of nitrogens with two attached hydrogens (primary N) is 1. The topological polar surface area (TPSA) is 53.1 Å². The molecule has 11 heavy (non-hydrogen) atoms. The van der Waals surface area contributed by atoms with Crippen molar-refractivity contribution in [3.8, 4) is 0 Å². The van der Waals surface area contributed by atoms with Gasteiger partial charge in [0.1, 0.15) is 0 Å². The van der Waals surface area contributed by atoms with Crippen LogP contribution in [0.1, 0.15) is 34.1 Å². The van der Waals surface area contributed by atoms with E-state index in [4.69, 9.17) is 11.1 Å². The van der Waals surface area contributed by atoms with Crippen LogP contribution in [0.15, 0.2) is 0 Å². The lowest BCUT2D eigenvalue weighted by Gasteiger charge is -2.35. The molecule has 0 aromatic heterocycles. The van der Waals surface area contributed by atoms with Crippen molar-refractivity contribution < 1.29 is 0 Å². The van der Waals surface area contributed by atoms with Crippen molar-refractivity contribution in [2.75, 3.05) is 6.54 Å². The van der Waals surface area contributed by atoms with E-state index in [2.05, 4.69) is 27.7 Å². The highest BCUT2D eigenvalue weighted by atomic mass is 15.3. The molecule has 3 N–H and O–H groups in total. The highest BCUT2D eigenvalue weighted by molar-refractivity contribution is 5.75. The minimum Gasteiger partial charge on any atom is -0.370 e. The Labute approximate surface area is 69.1 Å². The molecule has 0 aliphatic rings. The minimum atomic E-state index is -0.0259. The Bertz CT molecular complexity index is 135. The molecule has 0 aromatic carbocycles. The van der Waals surface area contributed by atoms with Gasteiger partial charge in [-0.05, 0) is 27.2 Å². The zero-order valence-corrected chi connectivity index (χ0v) is 7.94. The molecule has 0 radical (unpaired) electrons. The fraction of sp³-hybridized carbons (Fsp3) is 0.875. The van der Waals surface area contributed by atoms with Crippen molar-refractivity contribution in [2.24, 2.45) is 5.73 Å². The van der Waals surface area contributed by atoms with E-state index in [9.17, 15) is 0 Å². The predicted octanol–water partition coefficient (Wildman–Crippen LogP) is 1.39. The summed E-state index contributed by atoms with van der Waals surface area (Å²) in [7, 11) is 0. The Morgan fingerprint density at radius 1 is 1.45 bits per heavy atom. The van der Waals surface area contributed by atoms with Crippen molar-refractivity contribution >= 4 is 5.96 Å². The maximum atomic E-state index is 7.31. The van der Waals surface area contributed by atoms with E-state index >= 15 is 0 Å². The zero-order chi connectivity index (χ0) is 9.07. The van der Waals surface area contributed by atoms with E-state index in [-0.39, 0.29) is 11.5 Å². The third kappa shape index (κ3) is 3.25. The lowest BCUT2D eigenvalue weighted by molar-refractivity contribution is 0.233. The third-order valence-electron chi connectivity index (χ3n) is 1.55. The van der Waals surface area contributed by atoms with Crippen LogP contribution in [-0.4, -0.2) is 22.9 Å². The molecule has 3 heteroatoms. The molecule has 0 saturated carbocycles. The second kappa shape index (κ2) is 3.60. The molecule has 0 heterocycles. The summed E-state index contributed by atoms with van der Waals surface area (Å²) >= 11 is 0. The first-order chi connectivity index (χ1) is 4.89. The quantitative estimate of drug-likeness (QED) is 0.470. The lowest BCUT2D eigenvalue weighted by atomic mass is 10.1. The van der Waals surface area contributed by atoms with Crippen LogP contribution in [-0.2, 0) is 0 Å². The first-order valence-electron chi connectivity index (χ1n) is 4.01. The second-order valence-electron chi connectivity index (χ2n) is 3.71. The molecule has 3 nitrogen and oxygen atoms in total. The molecule has 0 saturated heterocycles. The molecule has 0 aromatic rings. The number of hydrogen-bond donors (Lipinski definition) is 2. The first-order valence-corrected chi connectivity index (χ1v) is 4.01. The lowest BCUT2D eigenvalue weighted by Crippen LogP contribution is -2.49. The normalized spacial score (nSPS) is 11.3. The number of nitrogens with one attached hydrogen (secondary N) is 1. The Balaban J connectivity index is 4.22. The van der Waals surface area contributed by atoms with Crippen molar-refractivity contribution in [3.63, 3.8) is 0 Å². The molecule has 0 aliphatic heterocycles. The molecule has 0 spiro atoms. The van der Waals surface area contributed by atoms with Crippen molar-refractivity contribution in [1.82, 2.24) is 4.90 Å². The average Bonchev–Trinajstić information content (AvgIpc) is 1.79. The number of nitrogens with zero attached hydrogens (tertiary/aromatic N) is 1. The number of rotatable bonds is 2. The van der Waals surface area contributed by atoms with Gasteiger partial charge in [-0.2, -0.15) is 0 Å². The Kier molecular flexibility index (Phi) is 3.36. The largest absolute Gasteiger partial charge is 0.370 e. The molecule has 0 amide bonds. The zero-order valence-electron chi connectivity index (χ0n) is 7.94. The molecule has 0 aliphatic carbocycles. The van der Waals surface area contributed by atoms with Gasteiger partial charge in [-0.25, -0.2) is 0 Å². The summed E-state index contributed by atoms with van der Waals surface area (Å²) in [6.07, 6.45) is 1.02. The summed E-state index contributed by atoms with van der Waals surface area (Å²) in [6, 6.07) is 0. The van der Waals surface area contributed by atoms with Crippen molar-refractivity contribution in [3.05, 3.63) is 0 Å². The van der Waals surface area contributed by atoms with Gasteiger partial charge in [0.15, 0.2) is 5.96 Å². The van der Waals surface area contributed by atoms with Crippen LogP contribution in [0.25, 0.3) is 0 Å². The van der Waals surface area contributed by atoms with Crippen LogP contribution in [0.2, 0.25) is 0 Å². The number of guanidine groups is 1.